The molecule has 1 rings (SSSR count). The molecule has 0 spiro atoms. The van der Waals surface area contributed by atoms with Crippen LogP contribution in [0.3, 0.4) is 0 Å². The first kappa shape index (κ1) is 13.5. The summed E-state index contributed by atoms with van der Waals surface area (Å²) in [6.45, 7) is 9.05. The van der Waals surface area contributed by atoms with Crippen molar-refractivity contribution in [2.75, 3.05) is 19.6 Å². The van der Waals surface area contributed by atoms with Crippen molar-refractivity contribution in [3.05, 3.63) is 0 Å². The predicted molar refractivity (Wildman–Crippen MR) is 67.0 cm³/mol. The number of carbonyl (C=O) groups is 1. The number of nitrogens with two attached hydrogens (primary N) is 1. The summed E-state index contributed by atoms with van der Waals surface area (Å²) in [7, 11) is 0. The zero-order valence-corrected chi connectivity index (χ0v) is 11.0. The summed E-state index contributed by atoms with van der Waals surface area (Å²) in [6, 6.07) is 0. The number of rotatable bonds is 4. The molecule has 3 heteroatoms. The maximum atomic E-state index is 11.9. The summed E-state index contributed by atoms with van der Waals surface area (Å²) in [5.41, 5.74) is 5.86. The van der Waals surface area contributed by atoms with Gasteiger partial charge in [-0.15, -0.1) is 0 Å². The predicted octanol–water partition coefficient (Wildman–Crippen LogP) is 2.01. The van der Waals surface area contributed by atoms with Crippen LogP contribution < -0.4 is 5.73 Å². The lowest BCUT2D eigenvalue weighted by molar-refractivity contribution is -0.131. The molecule has 94 valence electrons. The lowest BCUT2D eigenvalue weighted by Crippen LogP contribution is -2.35. The molecule has 1 amide bonds. The molecule has 3 nitrogen and oxygen atoms in total. The first-order chi connectivity index (χ1) is 7.44. The van der Waals surface area contributed by atoms with E-state index < -0.39 is 0 Å². The van der Waals surface area contributed by atoms with Gasteiger partial charge in [0.05, 0.1) is 0 Å². The van der Waals surface area contributed by atoms with E-state index in [0.717, 1.165) is 38.8 Å². The molecule has 0 aromatic heterocycles. The van der Waals surface area contributed by atoms with Gasteiger partial charge in [-0.25, -0.2) is 0 Å². The Labute approximate surface area is 99.4 Å². The summed E-state index contributed by atoms with van der Waals surface area (Å²) in [6.07, 6.45) is 3.93. The minimum atomic E-state index is 0.151. The minimum Gasteiger partial charge on any atom is -0.343 e. The molecule has 0 bridgehead atoms. The van der Waals surface area contributed by atoms with Crippen molar-refractivity contribution < 1.29 is 4.79 Å². The van der Waals surface area contributed by atoms with Gasteiger partial charge in [0.25, 0.3) is 0 Å². The van der Waals surface area contributed by atoms with Crippen molar-refractivity contribution >= 4 is 5.91 Å². The Morgan fingerprint density at radius 2 is 2.12 bits per heavy atom. The molecule has 1 atom stereocenters. The topological polar surface area (TPSA) is 46.3 Å². The highest BCUT2D eigenvalue weighted by atomic mass is 16.2. The Morgan fingerprint density at radius 1 is 1.44 bits per heavy atom. The molecule has 0 radical (unpaired) electrons. The van der Waals surface area contributed by atoms with Gasteiger partial charge in [0.15, 0.2) is 0 Å². The minimum absolute atomic E-state index is 0.151. The maximum absolute atomic E-state index is 11.9. The van der Waals surface area contributed by atoms with Gasteiger partial charge in [-0.3, -0.25) is 4.79 Å². The van der Waals surface area contributed by atoms with Crippen molar-refractivity contribution in [2.24, 2.45) is 17.1 Å². The van der Waals surface area contributed by atoms with E-state index in [1.165, 1.54) is 0 Å². The van der Waals surface area contributed by atoms with Gasteiger partial charge in [0, 0.05) is 19.5 Å². The van der Waals surface area contributed by atoms with Gasteiger partial charge in [0.2, 0.25) is 5.91 Å². The standard InChI is InChI=1S/C13H26N2O/c1-11-4-5-12(16)15(8-6-11)9-7-13(2,3)10-14/h11H,4-10,14H2,1-3H3. The van der Waals surface area contributed by atoms with E-state index in [4.69, 9.17) is 5.73 Å². The van der Waals surface area contributed by atoms with Gasteiger partial charge in [0.1, 0.15) is 0 Å². The molecule has 1 unspecified atom stereocenters. The molecule has 0 aromatic rings. The van der Waals surface area contributed by atoms with Crippen LogP contribution in [0.1, 0.15) is 46.5 Å². The van der Waals surface area contributed by atoms with E-state index in [0.29, 0.717) is 18.4 Å². The highest BCUT2D eigenvalue weighted by molar-refractivity contribution is 5.76. The second kappa shape index (κ2) is 5.67. The van der Waals surface area contributed by atoms with Gasteiger partial charge >= 0.3 is 0 Å². The van der Waals surface area contributed by atoms with E-state index in [1.54, 1.807) is 0 Å². The molecule has 0 aromatic carbocycles. The molecule has 0 aliphatic carbocycles. The van der Waals surface area contributed by atoms with Crippen LogP contribution in [-0.4, -0.2) is 30.4 Å². The molecule has 1 saturated heterocycles. The molecule has 16 heavy (non-hydrogen) atoms. The largest absolute Gasteiger partial charge is 0.343 e. The number of amides is 1. The van der Waals surface area contributed by atoms with Crippen LogP contribution in [-0.2, 0) is 4.79 Å². The van der Waals surface area contributed by atoms with Crippen LogP contribution in [0.15, 0.2) is 0 Å². The molecule has 2 N–H and O–H groups in total. The zero-order valence-electron chi connectivity index (χ0n) is 11.0. The van der Waals surface area contributed by atoms with E-state index >= 15 is 0 Å². The van der Waals surface area contributed by atoms with Crippen LogP contribution in [0.5, 0.6) is 0 Å². The molecule has 1 aliphatic heterocycles. The molecule has 1 aliphatic rings. The van der Waals surface area contributed by atoms with Gasteiger partial charge in [-0.1, -0.05) is 20.8 Å². The highest BCUT2D eigenvalue weighted by Gasteiger charge is 2.23. The lowest BCUT2D eigenvalue weighted by atomic mass is 9.89. The second-order valence-corrected chi connectivity index (χ2v) is 5.93. The Balaban J connectivity index is 2.43. The first-order valence-electron chi connectivity index (χ1n) is 6.42. The number of likely N-dealkylation sites (tertiary alicyclic amines) is 1. The van der Waals surface area contributed by atoms with E-state index in [2.05, 4.69) is 20.8 Å². The van der Waals surface area contributed by atoms with Crippen molar-refractivity contribution in [3.8, 4) is 0 Å². The van der Waals surface area contributed by atoms with E-state index in [1.807, 2.05) is 4.90 Å². The normalized spacial score (nSPS) is 23.4. The first-order valence-corrected chi connectivity index (χ1v) is 6.42. The SMILES string of the molecule is CC1CCC(=O)N(CCC(C)(C)CN)CC1. The Kier molecular flexibility index (Phi) is 4.78. The van der Waals surface area contributed by atoms with Crippen molar-refractivity contribution in [2.45, 2.75) is 46.5 Å². The zero-order chi connectivity index (χ0) is 12.2. The molecule has 1 heterocycles. The number of nitrogens with zero attached hydrogens (tertiary/aromatic N) is 1. The summed E-state index contributed by atoms with van der Waals surface area (Å²) in [5.74, 6) is 1.02. The third kappa shape index (κ3) is 4.12. The van der Waals surface area contributed by atoms with Crippen molar-refractivity contribution in [1.29, 1.82) is 0 Å². The highest BCUT2D eigenvalue weighted by Crippen LogP contribution is 2.22. The Hall–Kier alpha value is -0.570. The van der Waals surface area contributed by atoms with Gasteiger partial charge < -0.3 is 10.6 Å². The average Bonchev–Trinajstić information content (AvgIpc) is 2.40. The average molecular weight is 226 g/mol. The molecular formula is C13H26N2O. The number of hydrogen-bond acceptors (Lipinski definition) is 2. The number of carbonyl (C=O) groups excluding carboxylic acids is 1. The summed E-state index contributed by atoms with van der Waals surface area (Å²) >= 11 is 0. The quantitative estimate of drug-likeness (QED) is 0.797. The summed E-state index contributed by atoms with van der Waals surface area (Å²) in [5, 5.41) is 0. The fourth-order valence-corrected chi connectivity index (χ4v) is 1.95. The van der Waals surface area contributed by atoms with E-state index in [9.17, 15) is 4.79 Å². The Morgan fingerprint density at radius 3 is 2.75 bits per heavy atom. The molecule has 1 fully saturated rings. The van der Waals surface area contributed by atoms with Gasteiger partial charge in [-0.2, -0.15) is 0 Å². The van der Waals surface area contributed by atoms with Crippen molar-refractivity contribution in [1.82, 2.24) is 4.90 Å². The maximum Gasteiger partial charge on any atom is 0.222 e. The van der Waals surface area contributed by atoms with E-state index in [-0.39, 0.29) is 5.41 Å². The van der Waals surface area contributed by atoms with Gasteiger partial charge in [-0.05, 0) is 37.1 Å². The van der Waals surface area contributed by atoms with Crippen LogP contribution in [0.25, 0.3) is 0 Å². The van der Waals surface area contributed by atoms with Crippen LogP contribution in [0.4, 0.5) is 0 Å². The fraction of sp³-hybridized carbons (Fsp3) is 0.923. The lowest BCUT2D eigenvalue weighted by Gasteiger charge is -2.27. The fourth-order valence-electron chi connectivity index (χ4n) is 1.95. The van der Waals surface area contributed by atoms with Crippen LogP contribution in [0.2, 0.25) is 0 Å². The smallest absolute Gasteiger partial charge is 0.222 e. The van der Waals surface area contributed by atoms with Crippen molar-refractivity contribution in [3.63, 3.8) is 0 Å². The third-order valence-corrected chi connectivity index (χ3v) is 3.71. The number of hydrogen-bond donors (Lipinski definition) is 1. The van der Waals surface area contributed by atoms with Crippen LogP contribution >= 0.6 is 0 Å². The third-order valence-electron chi connectivity index (χ3n) is 3.71. The molecule has 0 saturated carbocycles. The summed E-state index contributed by atoms with van der Waals surface area (Å²) < 4.78 is 0. The van der Waals surface area contributed by atoms with Crippen LogP contribution in [0, 0.1) is 11.3 Å². The monoisotopic (exact) mass is 226 g/mol. The summed E-state index contributed by atoms with van der Waals surface area (Å²) in [4.78, 5) is 13.9. The Bertz CT molecular complexity index is 238. The second-order valence-electron chi connectivity index (χ2n) is 5.93. The molecular weight excluding hydrogens is 200 g/mol.